The van der Waals surface area contributed by atoms with E-state index in [0.29, 0.717) is 5.92 Å². The van der Waals surface area contributed by atoms with Gasteiger partial charge in [-0.2, -0.15) is 0 Å². The van der Waals surface area contributed by atoms with E-state index in [1.165, 1.54) is 32.2 Å². The number of hydrogen-bond donors (Lipinski definition) is 0. The van der Waals surface area contributed by atoms with Crippen LogP contribution in [0.4, 0.5) is 0 Å². The second-order valence-electron chi connectivity index (χ2n) is 4.43. The van der Waals surface area contributed by atoms with Crippen LogP contribution in [-0.4, -0.2) is 31.3 Å². The minimum atomic E-state index is 0.140. The molecular weight excluding hydrogens is 150 g/mol. The number of likely N-dealkylation sites (tertiary alicyclic amines) is 1. The third kappa shape index (κ3) is 1.28. The van der Waals surface area contributed by atoms with E-state index >= 15 is 0 Å². The molecule has 1 saturated heterocycles. The molecule has 2 nitrogen and oxygen atoms in total. The van der Waals surface area contributed by atoms with Crippen LogP contribution in [0.3, 0.4) is 0 Å². The van der Waals surface area contributed by atoms with Gasteiger partial charge in [0.25, 0.3) is 0 Å². The maximum Gasteiger partial charge on any atom is 0.126 e. The maximum atomic E-state index is 10.9. The lowest BCUT2D eigenvalue weighted by molar-refractivity contribution is -0.114. The molecular formula is C10H17NO. The zero-order valence-electron chi connectivity index (χ0n) is 7.75. The second-order valence-corrected chi connectivity index (χ2v) is 4.43. The molecule has 1 heterocycles. The maximum absolute atomic E-state index is 10.9. The standard InChI is InChI=1S/C10H17NO/c1-11-6-2-9(3-7-11)10(8-12)4-5-10/h8-9H,2-7H2,1H3. The number of carbonyl (C=O) groups excluding carboxylic acids is 1. The molecule has 0 N–H and O–H groups in total. The van der Waals surface area contributed by atoms with Gasteiger partial charge in [-0.05, 0) is 51.7 Å². The zero-order chi connectivity index (χ0) is 8.60. The van der Waals surface area contributed by atoms with Gasteiger partial charge in [0.05, 0.1) is 0 Å². The van der Waals surface area contributed by atoms with Crippen LogP contribution in [0.5, 0.6) is 0 Å². The molecule has 2 fully saturated rings. The molecule has 1 aliphatic heterocycles. The van der Waals surface area contributed by atoms with E-state index < -0.39 is 0 Å². The quantitative estimate of drug-likeness (QED) is 0.578. The Balaban J connectivity index is 1.93. The lowest BCUT2D eigenvalue weighted by Gasteiger charge is -2.32. The number of rotatable bonds is 2. The van der Waals surface area contributed by atoms with E-state index in [2.05, 4.69) is 11.9 Å². The monoisotopic (exact) mass is 167 g/mol. The van der Waals surface area contributed by atoms with Crippen molar-refractivity contribution in [3.8, 4) is 0 Å². The summed E-state index contributed by atoms with van der Waals surface area (Å²) < 4.78 is 0. The summed E-state index contributed by atoms with van der Waals surface area (Å²) in [7, 11) is 2.16. The summed E-state index contributed by atoms with van der Waals surface area (Å²) >= 11 is 0. The van der Waals surface area contributed by atoms with Gasteiger partial charge >= 0.3 is 0 Å². The summed E-state index contributed by atoms with van der Waals surface area (Å²) in [6.07, 6.45) is 6.00. The van der Waals surface area contributed by atoms with Gasteiger partial charge in [-0.3, -0.25) is 0 Å². The Labute approximate surface area is 73.9 Å². The first-order valence-electron chi connectivity index (χ1n) is 4.92. The van der Waals surface area contributed by atoms with Crippen LogP contribution >= 0.6 is 0 Å². The first kappa shape index (κ1) is 8.24. The molecule has 2 heteroatoms. The third-order valence-corrected chi connectivity index (χ3v) is 3.59. The zero-order valence-corrected chi connectivity index (χ0v) is 7.75. The molecule has 0 spiro atoms. The lowest BCUT2D eigenvalue weighted by Crippen LogP contribution is -2.34. The average Bonchev–Trinajstić information content (AvgIpc) is 2.86. The van der Waals surface area contributed by atoms with Crippen LogP contribution in [0.1, 0.15) is 25.7 Å². The number of nitrogens with zero attached hydrogens (tertiary/aromatic N) is 1. The largest absolute Gasteiger partial charge is 0.306 e. The van der Waals surface area contributed by atoms with E-state index in [1.807, 2.05) is 0 Å². The fourth-order valence-electron chi connectivity index (χ4n) is 2.35. The molecule has 0 aromatic carbocycles. The minimum Gasteiger partial charge on any atom is -0.306 e. The SMILES string of the molecule is CN1CCC(C2(C=O)CC2)CC1. The first-order chi connectivity index (χ1) is 5.77. The van der Waals surface area contributed by atoms with Crippen molar-refractivity contribution in [2.75, 3.05) is 20.1 Å². The molecule has 12 heavy (non-hydrogen) atoms. The normalized spacial score (nSPS) is 30.1. The highest BCUT2D eigenvalue weighted by atomic mass is 16.1. The highest BCUT2D eigenvalue weighted by molar-refractivity contribution is 5.64. The predicted octanol–water partition coefficient (Wildman–Crippen LogP) is 1.31. The van der Waals surface area contributed by atoms with Crippen LogP contribution in [0.15, 0.2) is 0 Å². The van der Waals surface area contributed by atoms with Crippen molar-refractivity contribution in [2.45, 2.75) is 25.7 Å². The molecule has 0 atom stereocenters. The molecule has 0 aromatic heterocycles. The molecule has 2 rings (SSSR count). The molecule has 1 aliphatic carbocycles. The van der Waals surface area contributed by atoms with Crippen LogP contribution < -0.4 is 0 Å². The molecule has 2 aliphatic rings. The molecule has 1 saturated carbocycles. The Kier molecular flexibility index (Phi) is 1.95. The number of piperidine rings is 1. The Bertz CT molecular complexity index is 178. The number of hydrogen-bond acceptors (Lipinski definition) is 2. The minimum absolute atomic E-state index is 0.140. The molecule has 0 bridgehead atoms. The van der Waals surface area contributed by atoms with Crippen molar-refractivity contribution in [1.82, 2.24) is 4.90 Å². The summed E-state index contributed by atoms with van der Waals surface area (Å²) in [5.41, 5.74) is 0.140. The van der Waals surface area contributed by atoms with E-state index in [9.17, 15) is 4.79 Å². The smallest absolute Gasteiger partial charge is 0.126 e. The highest BCUT2D eigenvalue weighted by Crippen LogP contribution is 2.53. The van der Waals surface area contributed by atoms with E-state index in [4.69, 9.17) is 0 Å². The number of aldehydes is 1. The van der Waals surface area contributed by atoms with Crippen molar-refractivity contribution in [1.29, 1.82) is 0 Å². The summed E-state index contributed by atoms with van der Waals surface area (Å²) in [6.45, 7) is 2.36. The van der Waals surface area contributed by atoms with Crippen LogP contribution in [-0.2, 0) is 4.79 Å². The molecule has 0 amide bonds. The predicted molar refractivity (Wildman–Crippen MR) is 48.0 cm³/mol. The third-order valence-electron chi connectivity index (χ3n) is 3.59. The summed E-state index contributed by atoms with van der Waals surface area (Å²) in [4.78, 5) is 13.2. The Morgan fingerprint density at radius 3 is 2.33 bits per heavy atom. The molecule has 0 unspecified atom stereocenters. The van der Waals surface area contributed by atoms with Crippen molar-refractivity contribution in [2.24, 2.45) is 11.3 Å². The topological polar surface area (TPSA) is 20.3 Å². The van der Waals surface area contributed by atoms with Gasteiger partial charge in [-0.1, -0.05) is 0 Å². The van der Waals surface area contributed by atoms with Gasteiger partial charge in [-0.25, -0.2) is 0 Å². The Hall–Kier alpha value is -0.370. The molecule has 0 aromatic rings. The van der Waals surface area contributed by atoms with E-state index in [-0.39, 0.29) is 5.41 Å². The Morgan fingerprint density at radius 2 is 1.92 bits per heavy atom. The highest BCUT2D eigenvalue weighted by Gasteiger charge is 2.49. The summed E-state index contributed by atoms with van der Waals surface area (Å²) in [5, 5.41) is 0. The first-order valence-corrected chi connectivity index (χ1v) is 4.92. The molecule has 0 radical (unpaired) electrons. The number of carbonyl (C=O) groups is 1. The summed E-state index contributed by atoms with van der Waals surface area (Å²) in [5.74, 6) is 0.700. The van der Waals surface area contributed by atoms with Crippen molar-refractivity contribution >= 4 is 6.29 Å². The average molecular weight is 167 g/mol. The summed E-state index contributed by atoms with van der Waals surface area (Å²) in [6, 6.07) is 0. The van der Waals surface area contributed by atoms with Crippen molar-refractivity contribution in [3.05, 3.63) is 0 Å². The van der Waals surface area contributed by atoms with Gasteiger partial charge in [0.2, 0.25) is 0 Å². The van der Waals surface area contributed by atoms with E-state index in [1.54, 1.807) is 0 Å². The second kappa shape index (κ2) is 2.84. The van der Waals surface area contributed by atoms with E-state index in [0.717, 1.165) is 12.8 Å². The molecule has 68 valence electrons. The van der Waals surface area contributed by atoms with Gasteiger partial charge < -0.3 is 9.69 Å². The van der Waals surface area contributed by atoms with Crippen molar-refractivity contribution in [3.63, 3.8) is 0 Å². The Morgan fingerprint density at radius 1 is 1.33 bits per heavy atom. The van der Waals surface area contributed by atoms with Crippen LogP contribution in [0.25, 0.3) is 0 Å². The fraction of sp³-hybridized carbons (Fsp3) is 0.900. The van der Waals surface area contributed by atoms with Gasteiger partial charge in [0.1, 0.15) is 6.29 Å². The van der Waals surface area contributed by atoms with Gasteiger partial charge in [0, 0.05) is 5.41 Å². The van der Waals surface area contributed by atoms with Crippen molar-refractivity contribution < 1.29 is 4.79 Å². The van der Waals surface area contributed by atoms with Gasteiger partial charge in [-0.15, -0.1) is 0 Å². The lowest BCUT2D eigenvalue weighted by atomic mass is 9.83. The van der Waals surface area contributed by atoms with Gasteiger partial charge in [0.15, 0.2) is 0 Å². The fourth-order valence-corrected chi connectivity index (χ4v) is 2.35. The van der Waals surface area contributed by atoms with Crippen LogP contribution in [0.2, 0.25) is 0 Å². The van der Waals surface area contributed by atoms with Crippen LogP contribution in [0, 0.1) is 11.3 Å².